The highest BCUT2D eigenvalue weighted by molar-refractivity contribution is 6.33. The van der Waals surface area contributed by atoms with E-state index in [1.807, 2.05) is 0 Å². The Hall–Kier alpha value is -1.99. The van der Waals surface area contributed by atoms with Gasteiger partial charge in [-0.05, 0) is 41.5 Å². The van der Waals surface area contributed by atoms with Gasteiger partial charge in [-0.25, -0.2) is 4.68 Å². The lowest BCUT2D eigenvalue weighted by molar-refractivity contribution is -0.122. The second-order valence-electron chi connectivity index (χ2n) is 5.18. The van der Waals surface area contributed by atoms with Crippen LogP contribution in [0.4, 0.5) is 5.69 Å². The number of nitrogens with zero attached hydrogens (tertiary/aromatic N) is 4. The van der Waals surface area contributed by atoms with Crippen molar-refractivity contribution in [2.75, 3.05) is 11.9 Å². The van der Waals surface area contributed by atoms with Crippen LogP contribution in [0.5, 0.6) is 0 Å². The summed E-state index contributed by atoms with van der Waals surface area (Å²) in [7, 11) is 0. The van der Waals surface area contributed by atoms with Crippen LogP contribution in [-0.4, -0.2) is 38.8 Å². The maximum atomic E-state index is 12.0. The molecule has 1 aliphatic rings. The van der Waals surface area contributed by atoms with Crippen LogP contribution in [0.25, 0.3) is 5.69 Å². The van der Waals surface area contributed by atoms with Crippen LogP contribution in [0.2, 0.25) is 5.02 Å². The number of carbonyl (C=O) groups is 1. The average Bonchev–Trinajstić information content (AvgIpc) is 3.21. The first-order valence-electron chi connectivity index (χ1n) is 7.17. The molecule has 3 rings (SSSR count). The van der Waals surface area contributed by atoms with Gasteiger partial charge in [-0.3, -0.25) is 4.79 Å². The topological polar surface area (TPSA) is 81.9 Å². The van der Waals surface area contributed by atoms with Crippen LogP contribution >= 0.6 is 11.6 Å². The van der Waals surface area contributed by atoms with Crippen molar-refractivity contribution in [3.63, 3.8) is 0 Å². The summed E-state index contributed by atoms with van der Waals surface area (Å²) < 4.78 is 7.07. The molecule has 8 heteroatoms. The number of hydrogen-bond acceptors (Lipinski definition) is 5. The molecule has 1 fully saturated rings. The number of ether oxygens (including phenoxy) is 1. The second kappa shape index (κ2) is 6.85. The molecule has 7 nitrogen and oxygen atoms in total. The molecule has 1 N–H and O–H groups in total. The zero-order valence-electron chi connectivity index (χ0n) is 11.9. The number of tetrazole rings is 1. The van der Waals surface area contributed by atoms with E-state index in [2.05, 4.69) is 20.8 Å². The zero-order chi connectivity index (χ0) is 15.4. The summed E-state index contributed by atoms with van der Waals surface area (Å²) in [5.41, 5.74) is 1.22. The fraction of sp³-hybridized carbons (Fsp3) is 0.429. The molecule has 1 aliphatic carbocycles. The Morgan fingerprint density at radius 3 is 2.95 bits per heavy atom. The minimum atomic E-state index is -0.220. The minimum absolute atomic E-state index is 0.0378. The van der Waals surface area contributed by atoms with E-state index in [-0.39, 0.29) is 18.6 Å². The van der Waals surface area contributed by atoms with Crippen molar-refractivity contribution in [2.24, 2.45) is 0 Å². The van der Waals surface area contributed by atoms with Gasteiger partial charge in [-0.15, -0.1) is 5.10 Å². The van der Waals surface area contributed by atoms with Crippen molar-refractivity contribution >= 4 is 23.2 Å². The summed E-state index contributed by atoms with van der Waals surface area (Å²) in [5, 5.41) is 14.2. The Kier molecular flexibility index (Phi) is 4.65. The molecule has 1 saturated carbocycles. The Balaban J connectivity index is 1.63. The van der Waals surface area contributed by atoms with Gasteiger partial charge in [0.05, 0.1) is 22.5 Å². The highest BCUT2D eigenvalue weighted by Crippen LogP contribution is 2.25. The zero-order valence-corrected chi connectivity index (χ0v) is 12.7. The lowest BCUT2D eigenvalue weighted by Gasteiger charge is -2.12. The van der Waals surface area contributed by atoms with Gasteiger partial charge in [-0.2, -0.15) is 0 Å². The highest BCUT2D eigenvalue weighted by Gasteiger charge is 2.17. The first kappa shape index (κ1) is 14.9. The standard InChI is InChI=1S/C14H16ClN5O2/c15-12-6-5-10(20-9-16-18-19-20)7-13(12)17-14(21)8-22-11-3-1-2-4-11/h5-7,9,11H,1-4,8H2,(H,17,21). The van der Waals surface area contributed by atoms with Crippen LogP contribution in [0.1, 0.15) is 25.7 Å². The first-order chi connectivity index (χ1) is 10.7. The molecule has 1 heterocycles. The molecular weight excluding hydrogens is 306 g/mol. The predicted octanol–water partition coefficient (Wildman–Crippen LogP) is 2.21. The predicted molar refractivity (Wildman–Crippen MR) is 81.0 cm³/mol. The number of anilines is 1. The lowest BCUT2D eigenvalue weighted by Crippen LogP contribution is -2.22. The number of rotatable bonds is 5. The second-order valence-corrected chi connectivity index (χ2v) is 5.59. The van der Waals surface area contributed by atoms with Gasteiger partial charge in [0.25, 0.3) is 0 Å². The summed E-state index contributed by atoms with van der Waals surface area (Å²) in [6, 6.07) is 5.17. The Morgan fingerprint density at radius 1 is 1.41 bits per heavy atom. The van der Waals surface area contributed by atoms with Crippen molar-refractivity contribution in [3.05, 3.63) is 29.5 Å². The normalized spacial score (nSPS) is 15.1. The van der Waals surface area contributed by atoms with Crippen LogP contribution < -0.4 is 5.32 Å². The first-order valence-corrected chi connectivity index (χ1v) is 7.54. The van der Waals surface area contributed by atoms with Crippen LogP contribution in [0.3, 0.4) is 0 Å². The lowest BCUT2D eigenvalue weighted by atomic mass is 10.2. The molecule has 0 radical (unpaired) electrons. The van der Waals surface area contributed by atoms with E-state index in [4.69, 9.17) is 16.3 Å². The molecule has 0 saturated heterocycles. The summed E-state index contributed by atoms with van der Waals surface area (Å²) in [6.07, 6.45) is 6.08. The van der Waals surface area contributed by atoms with Gasteiger partial charge in [0.15, 0.2) is 0 Å². The maximum absolute atomic E-state index is 12.0. The van der Waals surface area contributed by atoms with E-state index < -0.39 is 0 Å². The minimum Gasteiger partial charge on any atom is -0.368 e. The van der Waals surface area contributed by atoms with Crippen LogP contribution in [0.15, 0.2) is 24.5 Å². The van der Waals surface area contributed by atoms with Crippen molar-refractivity contribution in [1.82, 2.24) is 20.2 Å². The molecule has 116 valence electrons. The molecular formula is C14H16ClN5O2. The van der Waals surface area contributed by atoms with E-state index in [0.29, 0.717) is 16.4 Å². The van der Waals surface area contributed by atoms with Gasteiger partial charge in [0.1, 0.15) is 12.9 Å². The molecule has 1 aromatic carbocycles. The number of carbonyl (C=O) groups excluding carboxylic acids is 1. The van der Waals surface area contributed by atoms with E-state index in [1.54, 1.807) is 18.2 Å². The smallest absolute Gasteiger partial charge is 0.250 e. The quantitative estimate of drug-likeness (QED) is 0.913. The molecule has 0 spiro atoms. The molecule has 22 heavy (non-hydrogen) atoms. The molecule has 2 aromatic rings. The maximum Gasteiger partial charge on any atom is 0.250 e. The van der Waals surface area contributed by atoms with Crippen molar-refractivity contribution in [2.45, 2.75) is 31.8 Å². The van der Waals surface area contributed by atoms with Gasteiger partial charge in [-0.1, -0.05) is 24.4 Å². The van der Waals surface area contributed by atoms with Crippen molar-refractivity contribution in [1.29, 1.82) is 0 Å². The van der Waals surface area contributed by atoms with E-state index >= 15 is 0 Å². The average molecular weight is 322 g/mol. The summed E-state index contributed by atoms with van der Waals surface area (Å²) in [5.74, 6) is -0.220. The van der Waals surface area contributed by atoms with Gasteiger partial charge < -0.3 is 10.1 Å². The molecule has 0 bridgehead atoms. The number of nitrogens with one attached hydrogen (secondary N) is 1. The van der Waals surface area contributed by atoms with Crippen molar-refractivity contribution < 1.29 is 9.53 Å². The fourth-order valence-electron chi connectivity index (χ4n) is 2.47. The summed E-state index contributed by atoms with van der Waals surface area (Å²) >= 11 is 6.11. The van der Waals surface area contributed by atoms with E-state index in [9.17, 15) is 4.79 Å². The largest absolute Gasteiger partial charge is 0.368 e. The van der Waals surface area contributed by atoms with Gasteiger partial charge in [0.2, 0.25) is 5.91 Å². The number of amides is 1. The monoisotopic (exact) mass is 321 g/mol. The Bertz CT molecular complexity index is 641. The van der Waals surface area contributed by atoms with E-state index in [1.165, 1.54) is 23.9 Å². The number of aromatic nitrogens is 4. The molecule has 1 aromatic heterocycles. The summed E-state index contributed by atoms with van der Waals surface area (Å²) in [6.45, 7) is 0.0378. The highest BCUT2D eigenvalue weighted by atomic mass is 35.5. The Labute approximate surface area is 132 Å². The molecule has 0 aliphatic heterocycles. The van der Waals surface area contributed by atoms with Gasteiger partial charge in [0, 0.05) is 0 Å². The van der Waals surface area contributed by atoms with Crippen LogP contribution in [-0.2, 0) is 9.53 Å². The number of benzene rings is 1. The third-order valence-electron chi connectivity index (χ3n) is 3.59. The number of halogens is 1. The molecule has 1 amide bonds. The van der Waals surface area contributed by atoms with Gasteiger partial charge >= 0.3 is 0 Å². The number of hydrogen-bond donors (Lipinski definition) is 1. The SMILES string of the molecule is O=C(COC1CCCC1)Nc1cc(-n2cnnn2)ccc1Cl. The molecule has 0 unspecified atom stereocenters. The molecule has 0 atom stereocenters. The van der Waals surface area contributed by atoms with Crippen molar-refractivity contribution in [3.8, 4) is 5.69 Å². The third-order valence-corrected chi connectivity index (χ3v) is 3.92. The summed E-state index contributed by atoms with van der Waals surface area (Å²) in [4.78, 5) is 12.0. The van der Waals surface area contributed by atoms with Crippen LogP contribution in [0, 0.1) is 0 Å². The third kappa shape index (κ3) is 3.61. The Morgan fingerprint density at radius 2 is 2.23 bits per heavy atom. The van der Waals surface area contributed by atoms with E-state index in [0.717, 1.165) is 12.8 Å². The fourth-order valence-corrected chi connectivity index (χ4v) is 2.63.